The summed E-state index contributed by atoms with van der Waals surface area (Å²) >= 11 is 1.46. The number of hydrogen-bond acceptors (Lipinski definition) is 5. The zero-order valence-electron chi connectivity index (χ0n) is 11.4. The molecule has 0 saturated heterocycles. The van der Waals surface area contributed by atoms with Gasteiger partial charge in [0.1, 0.15) is 4.83 Å². The minimum atomic E-state index is -0.560. The predicted molar refractivity (Wildman–Crippen MR) is 76.0 cm³/mol. The van der Waals surface area contributed by atoms with Crippen LogP contribution in [0.25, 0.3) is 10.2 Å². The van der Waals surface area contributed by atoms with Gasteiger partial charge in [0.15, 0.2) is 5.69 Å². The number of fused-ring (bicyclic) bond motifs is 1. The maximum absolute atomic E-state index is 12.0. The topological polar surface area (TPSA) is 74.3 Å². The Morgan fingerprint density at radius 1 is 1.37 bits per heavy atom. The molecule has 0 aliphatic carbocycles. The van der Waals surface area contributed by atoms with Crippen LogP contribution in [0.3, 0.4) is 0 Å². The summed E-state index contributed by atoms with van der Waals surface area (Å²) in [7, 11) is 0. The summed E-state index contributed by atoms with van der Waals surface area (Å²) in [5.41, 5.74) is 7.52. The van der Waals surface area contributed by atoms with E-state index in [1.165, 1.54) is 22.8 Å². The lowest BCUT2D eigenvalue weighted by atomic mass is 10.2. The molecule has 2 aromatic rings. The van der Waals surface area contributed by atoms with Crippen LogP contribution in [-0.4, -0.2) is 23.1 Å². The van der Waals surface area contributed by atoms with Crippen LogP contribution in [0.15, 0.2) is 0 Å². The van der Waals surface area contributed by atoms with Gasteiger partial charge in [0, 0.05) is 17.2 Å². The number of nitrogens with two attached hydrogens (primary N) is 1. The lowest BCUT2D eigenvalue weighted by Gasteiger charge is -2.06. The molecule has 0 aliphatic heterocycles. The van der Waals surface area contributed by atoms with Crippen molar-refractivity contribution in [1.29, 1.82) is 0 Å². The molecule has 102 valence electrons. The number of thiophene rings is 1. The Balaban J connectivity index is 2.83. The highest BCUT2D eigenvalue weighted by atomic mass is 32.1. The van der Waals surface area contributed by atoms with Gasteiger partial charge in [0.2, 0.25) is 5.91 Å². The third-order valence-electron chi connectivity index (χ3n) is 3.10. The van der Waals surface area contributed by atoms with Crippen molar-refractivity contribution < 1.29 is 14.3 Å². The molecule has 2 rings (SSSR count). The fraction of sp³-hybridized carbons (Fsp3) is 0.385. The van der Waals surface area contributed by atoms with Crippen LogP contribution in [0.4, 0.5) is 5.69 Å². The normalized spacial score (nSPS) is 10.9. The summed E-state index contributed by atoms with van der Waals surface area (Å²) in [4.78, 5) is 25.6. The average molecular weight is 280 g/mol. The molecule has 0 amide bonds. The van der Waals surface area contributed by atoms with E-state index in [-0.39, 0.29) is 18.2 Å². The second kappa shape index (κ2) is 4.70. The quantitative estimate of drug-likeness (QED) is 0.858. The predicted octanol–water partition coefficient (Wildman–Crippen LogP) is 2.74. The van der Waals surface area contributed by atoms with Crippen molar-refractivity contribution in [2.24, 2.45) is 0 Å². The first kappa shape index (κ1) is 13.6. The first-order valence-electron chi connectivity index (χ1n) is 5.98. The average Bonchev–Trinajstić information content (AvgIpc) is 2.76. The van der Waals surface area contributed by atoms with Crippen LogP contribution in [0.2, 0.25) is 0 Å². The van der Waals surface area contributed by atoms with E-state index in [0.29, 0.717) is 10.5 Å². The highest BCUT2D eigenvalue weighted by Crippen LogP contribution is 2.38. The molecule has 6 heteroatoms. The Morgan fingerprint density at radius 3 is 2.53 bits per heavy atom. The van der Waals surface area contributed by atoms with Crippen molar-refractivity contribution >= 4 is 39.1 Å². The molecule has 0 saturated carbocycles. The molecule has 2 heterocycles. The molecule has 0 atom stereocenters. The molecule has 0 unspecified atom stereocenters. The van der Waals surface area contributed by atoms with Crippen molar-refractivity contribution in [1.82, 2.24) is 4.57 Å². The van der Waals surface area contributed by atoms with E-state index in [1.54, 1.807) is 6.92 Å². The highest BCUT2D eigenvalue weighted by Gasteiger charge is 2.27. The largest absolute Gasteiger partial charge is 0.461 e. The molecule has 0 aromatic carbocycles. The van der Waals surface area contributed by atoms with E-state index < -0.39 is 5.97 Å². The number of rotatable bonds is 2. The summed E-state index contributed by atoms with van der Waals surface area (Å²) in [5.74, 6) is -0.804. The SMILES string of the molecule is CCOC(=O)c1c(N)c2c(C)c(C)sc2n1C(C)=O. The molecule has 2 aromatic heterocycles. The van der Waals surface area contributed by atoms with Crippen LogP contribution in [0, 0.1) is 13.8 Å². The molecular formula is C13H16N2O3S. The van der Waals surface area contributed by atoms with Crippen molar-refractivity contribution in [3.63, 3.8) is 0 Å². The number of aryl methyl sites for hydroxylation is 2. The zero-order chi connectivity index (χ0) is 14.3. The van der Waals surface area contributed by atoms with Gasteiger partial charge in [-0.25, -0.2) is 4.79 Å². The van der Waals surface area contributed by atoms with E-state index in [4.69, 9.17) is 10.5 Å². The lowest BCUT2D eigenvalue weighted by molar-refractivity contribution is 0.0511. The molecule has 0 bridgehead atoms. The van der Waals surface area contributed by atoms with Crippen LogP contribution < -0.4 is 5.73 Å². The summed E-state index contributed by atoms with van der Waals surface area (Å²) in [6, 6.07) is 0. The second-order valence-electron chi connectivity index (χ2n) is 4.30. The van der Waals surface area contributed by atoms with Crippen molar-refractivity contribution in [3.05, 3.63) is 16.1 Å². The molecule has 0 radical (unpaired) electrons. The van der Waals surface area contributed by atoms with Crippen LogP contribution in [-0.2, 0) is 4.74 Å². The van der Waals surface area contributed by atoms with Crippen LogP contribution >= 0.6 is 11.3 Å². The van der Waals surface area contributed by atoms with Crippen LogP contribution in [0.1, 0.15) is 39.6 Å². The summed E-state index contributed by atoms with van der Waals surface area (Å²) in [6.45, 7) is 7.27. The second-order valence-corrected chi connectivity index (χ2v) is 5.50. The van der Waals surface area contributed by atoms with Crippen molar-refractivity contribution in [3.8, 4) is 0 Å². The Labute approximate surface area is 115 Å². The van der Waals surface area contributed by atoms with Gasteiger partial charge in [0.25, 0.3) is 0 Å². The molecule has 0 spiro atoms. The molecule has 0 fully saturated rings. The lowest BCUT2D eigenvalue weighted by Crippen LogP contribution is -2.17. The van der Waals surface area contributed by atoms with E-state index in [0.717, 1.165) is 15.8 Å². The standard InChI is InChI=1S/C13H16N2O3S/c1-5-18-13(17)11-10(14)9-6(2)7(3)19-12(9)15(11)8(4)16/h5,14H2,1-4H3. The van der Waals surface area contributed by atoms with Gasteiger partial charge in [-0.15, -0.1) is 11.3 Å². The number of carbonyl (C=O) groups excluding carboxylic acids is 2. The third-order valence-corrected chi connectivity index (χ3v) is 4.29. The molecule has 5 nitrogen and oxygen atoms in total. The van der Waals surface area contributed by atoms with E-state index >= 15 is 0 Å². The number of ether oxygens (including phenoxy) is 1. The van der Waals surface area contributed by atoms with Gasteiger partial charge in [-0.3, -0.25) is 9.36 Å². The van der Waals surface area contributed by atoms with Crippen molar-refractivity contribution in [2.45, 2.75) is 27.7 Å². The highest BCUT2D eigenvalue weighted by molar-refractivity contribution is 7.19. The number of hydrogen-bond donors (Lipinski definition) is 1. The summed E-state index contributed by atoms with van der Waals surface area (Å²) < 4.78 is 6.34. The fourth-order valence-electron chi connectivity index (χ4n) is 2.13. The third kappa shape index (κ3) is 1.92. The first-order chi connectivity index (χ1) is 8.90. The van der Waals surface area contributed by atoms with Gasteiger partial charge in [0.05, 0.1) is 12.3 Å². The smallest absolute Gasteiger partial charge is 0.357 e. The monoisotopic (exact) mass is 280 g/mol. The van der Waals surface area contributed by atoms with Gasteiger partial charge in [-0.2, -0.15) is 0 Å². The summed E-state index contributed by atoms with van der Waals surface area (Å²) in [5, 5.41) is 0.778. The summed E-state index contributed by atoms with van der Waals surface area (Å²) in [6.07, 6.45) is 0. The fourth-order valence-corrected chi connectivity index (χ4v) is 3.35. The Morgan fingerprint density at radius 2 is 2.00 bits per heavy atom. The van der Waals surface area contributed by atoms with Gasteiger partial charge in [-0.05, 0) is 26.3 Å². The van der Waals surface area contributed by atoms with Crippen LogP contribution in [0.5, 0.6) is 0 Å². The van der Waals surface area contributed by atoms with E-state index in [9.17, 15) is 9.59 Å². The van der Waals surface area contributed by atoms with E-state index in [2.05, 4.69) is 0 Å². The number of esters is 1. The van der Waals surface area contributed by atoms with Gasteiger partial charge < -0.3 is 10.5 Å². The zero-order valence-corrected chi connectivity index (χ0v) is 12.2. The van der Waals surface area contributed by atoms with Gasteiger partial charge >= 0.3 is 5.97 Å². The number of anilines is 1. The maximum atomic E-state index is 12.0. The number of nitrogen functional groups attached to an aromatic ring is 1. The number of carbonyl (C=O) groups is 2. The number of aromatic nitrogens is 1. The van der Waals surface area contributed by atoms with E-state index in [1.807, 2.05) is 13.8 Å². The Hall–Kier alpha value is -1.82. The van der Waals surface area contributed by atoms with Gasteiger partial charge in [-0.1, -0.05) is 0 Å². The Kier molecular flexibility index (Phi) is 3.36. The number of nitrogens with zero attached hydrogens (tertiary/aromatic N) is 1. The Bertz CT molecular complexity index is 682. The maximum Gasteiger partial charge on any atom is 0.357 e. The van der Waals surface area contributed by atoms with Crippen molar-refractivity contribution in [2.75, 3.05) is 12.3 Å². The molecule has 19 heavy (non-hydrogen) atoms. The molecule has 0 aliphatic rings. The minimum absolute atomic E-state index is 0.138. The minimum Gasteiger partial charge on any atom is -0.461 e. The molecular weight excluding hydrogens is 264 g/mol. The first-order valence-corrected chi connectivity index (χ1v) is 6.79. The molecule has 2 N–H and O–H groups in total.